The third-order valence-electron chi connectivity index (χ3n) is 3.52. The number of nitrogens with one attached hydrogen (secondary N) is 1. The highest BCUT2D eigenvalue weighted by Gasteiger charge is 2.36. The molecule has 130 valence electrons. The monoisotopic (exact) mass is 320 g/mol. The third-order valence-corrected chi connectivity index (χ3v) is 3.52. The number of rotatable bonds is 6. The molecule has 0 bridgehead atoms. The minimum absolute atomic E-state index is 0.0516. The van der Waals surface area contributed by atoms with Gasteiger partial charge in [0.25, 0.3) is 0 Å². The average molecular weight is 320 g/mol. The second-order valence-electron chi connectivity index (χ2n) is 7.98. The Morgan fingerprint density at radius 2 is 2.04 bits per heavy atom. The van der Waals surface area contributed by atoms with Crippen LogP contribution in [0.15, 0.2) is 28.9 Å². The number of aliphatic imine (C=N–C) groups is 1. The molecule has 4 nitrogen and oxygen atoms in total. The van der Waals surface area contributed by atoms with E-state index in [4.69, 9.17) is 9.83 Å². The normalized spacial score (nSPS) is 22.2. The molecule has 0 amide bonds. The largest absolute Gasteiger partial charge is 0.294 e. The van der Waals surface area contributed by atoms with Crippen LogP contribution in [0.3, 0.4) is 0 Å². The maximum Gasteiger partial charge on any atom is 0.167 e. The summed E-state index contributed by atoms with van der Waals surface area (Å²) in [6.45, 7) is 16.6. The number of hydroxylamine groups is 1. The topological polar surface area (TPSA) is 50.7 Å². The van der Waals surface area contributed by atoms with E-state index in [0.29, 0.717) is 13.0 Å². The van der Waals surface area contributed by atoms with E-state index in [-0.39, 0.29) is 16.7 Å². The fourth-order valence-corrected chi connectivity index (χ4v) is 2.80. The maximum absolute atomic E-state index is 12.8. The molecule has 0 atom stereocenters. The molecule has 1 aliphatic rings. The van der Waals surface area contributed by atoms with Crippen LogP contribution >= 0.6 is 0 Å². The first-order chi connectivity index (χ1) is 10.6. The lowest BCUT2D eigenvalue weighted by molar-refractivity contribution is -0.117. The zero-order chi connectivity index (χ0) is 17.7. The van der Waals surface area contributed by atoms with Crippen molar-refractivity contribution in [2.24, 2.45) is 10.4 Å². The summed E-state index contributed by atoms with van der Waals surface area (Å²) in [5, 5.41) is 0. The lowest BCUT2D eigenvalue weighted by Crippen LogP contribution is -2.36. The fraction of sp³-hybridized carbons (Fsp3) is 0.684. The molecule has 1 aliphatic carbocycles. The molecule has 0 radical (unpaired) electrons. The molecule has 0 aromatic heterocycles. The van der Waals surface area contributed by atoms with Crippen LogP contribution < -0.4 is 5.48 Å². The lowest BCUT2D eigenvalue weighted by atomic mass is 9.72. The highest BCUT2D eigenvalue weighted by molar-refractivity contribution is 6.25. The van der Waals surface area contributed by atoms with Gasteiger partial charge in [-0.05, 0) is 39.0 Å². The van der Waals surface area contributed by atoms with Gasteiger partial charge in [0.15, 0.2) is 5.78 Å². The van der Waals surface area contributed by atoms with Gasteiger partial charge in [0.1, 0.15) is 0 Å². The van der Waals surface area contributed by atoms with Gasteiger partial charge in [-0.3, -0.25) is 20.1 Å². The molecule has 1 fully saturated rings. The van der Waals surface area contributed by atoms with Gasteiger partial charge < -0.3 is 0 Å². The Hall–Kier alpha value is -1.42. The van der Waals surface area contributed by atoms with Crippen molar-refractivity contribution in [1.82, 2.24) is 5.48 Å². The van der Waals surface area contributed by atoms with E-state index in [1.54, 1.807) is 6.08 Å². The van der Waals surface area contributed by atoms with Gasteiger partial charge in [-0.1, -0.05) is 33.3 Å². The van der Waals surface area contributed by atoms with Gasteiger partial charge in [0.2, 0.25) is 0 Å². The van der Waals surface area contributed by atoms with Gasteiger partial charge in [0.05, 0.1) is 23.4 Å². The van der Waals surface area contributed by atoms with E-state index < -0.39 is 0 Å². The number of hydrogen-bond donors (Lipinski definition) is 1. The zero-order valence-corrected chi connectivity index (χ0v) is 15.6. The number of carbonyl (C=O) groups is 1. The van der Waals surface area contributed by atoms with Crippen molar-refractivity contribution in [3.05, 3.63) is 23.9 Å². The quantitative estimate of drug-likeness (QED) is 0.342. The van der Waals surface area contributed by atoms with Crippen LogP contribution in [-0.4, -0.2) is 23.6 Å². The maximum atomic E-state index is 12.8. The summed E-state index contributed by atoms with van der Waals surface area (Å²) in [6.07, 6.45) is 4.73. The van der Waals surface area contributed by atoms with Gasteiger partial charge in [-0.15, -0.1) is 6.58 Å². The molecule has 0 saturated heterocycles. The highest BCUT2D eigenvalue weighted by Crippen LogP contribution is 2.36. The van der Waals surface area contributed by atoms with Crippen LogP contribution in [0.25, 0.3) is 0 Å². The Kier molecular flexibility index (Phi) is 6.75. The van der Waals surface area contributed by atoms with Gasteiger partial charge in [-0.2, -0.15) is 0 Å². The van der Waals surface area contributed by atoms with Gasteiger partial charge >= 0.3 is 0 Å². The molecule has 0 spiro atoms. The van der Waals surface area contributed by atoms with E-state index in [0.717, 1.165) is 36.2 Å². The third kappa shape index (κ3) is 6.30. The Bertz CT molecular complexity index is 508. The van der Waals surface area contributed by atoms with E-state index in [1.807, 2.05) is 0 Å². The second-order valence-corrected chi connectivity index (χ2v) is 7.98. The first kappa shape index (κ1) is 19.6. The van der Waals surface area contributed by atoms with Crippen molar-refractivity contribution in [2.45, 2.75) is 72.8 Å². The first-order valence-electron chi connectivity index (χ1n) is 8.44. The molecule has 1 N–H and O–H groups in total. The minimum Gasteiger partial charge on any atom is -0.294 e. The molecule has 0 aliphatic heterocycles. The highest BCUT2D eigenvalue weighted by atomic mass is 16.6. The molecule has 4 heteroatoms. The summed E-state index contributed by atoms with van der Waals surface area (Å²) < 4.78 is 0. The second kappa shape index (κ2) is 7.91. The van der Waals surface area contributed by atoms with Crippen LogP contribution in [0.2, 0.25) is 0 Å². The Morgan fingerprint density at radius 1 is 1.39 bits per heavy atom. The molecular weight excluding hydrogens is 288 g/mol. The fourth-order valence-electron chi connectivity index (χ4n) is 2.80. The van der Waals surface area contributed by atoms with Crippen LogP contribution in [0, 0.1) is 5.41 Å². The summed E-state index contributed by atoms with van der Waals surface area (Å²) in [4.78, 5) is 23.0. The van der Waals surface area contributed by atoms with E-state index in [1.165, 1.54) is 0 Å². The Balaban J connectivity index is 3.31. The first-order valence-corrected chi connectivity index (χ1v) is 8.44. The number of hydrogen-bond acceptors (Lipinski definition) is 4. The van der Waals surface area contributed by atoms with Crippen molar-refractivity contribution < 1.29 is 9.63 Å². The van der Waals surface area contributed by atoms with E-state index >= 15 is 0 Å². The van der Waals surface area contributed by atoms with Crippen LogP contribution in [0.4, 0.5) is 0 Å². The van der Waals surface area contributed by atoms with Crippen molar-refractivity contribution in [1.29, 1.82) is 0 Å². The summed E-state index contributed by atoms with van der Waals surface area (Å²) in [6, 6.07) is 0. The van der Waals surface area contributed by atoms with Crippen molar-refractivity contribution in [3.63, 3.8) is 0 Å². The smallest absolute Gasteiger partial charge is 0.167 e. The molecular formula is C19H32N2O2. The molecule has 1 rings (SSSR count). The molecule has 0 aromatic carbocycles. The zero-order valence-electron chi connectivity index (χ0n) is 15.6. The van der Waals surface area contributed by atoms with Crippen molar-refractivity contribution in [3.8, 4) is 0 Å². The number of Topliss-reactive ketones (excluding diaryl/α,β-unsaturated/α-hetero) is 1. The van der Waals surface area contributed by atoms with Gasteiger partial charge in [-0.25, -0.2) is 0 Å². The van der Waals surface area contributed by atoms with Crippen LogP contribution in [-0.2, 0) is 9.63 Å². The van der Waals surface area contributed by atoms with E-state index in [2.05, 4.69) is 53.6 Å². The molecule has 1 saturated carbocycles. The molecule has 0 unspecified atom stereocenters. The molecule has 23 heavy (non-hydrogen) atoms. The van der Waals surface area contributed by atoms with Crippen LogP contribution in [0.1, 0.15) is 67.2 Å². The predicted molar refractivity (Wildman–Crippen MR) is 96.4 cm³/mol. The summed E-state index contributed by atoms with van der Waals surface area (Å²) in [5.74, 6) is 0.155. The minimum atomic E-state index is -0.215. The number of ketones is 1. The Morgan fingerprint density at radius 3 is 2.57 bits per heavy atom. The van der Waals surface area contributed by atoms with Crippen LogP contribution in [0.5, 0.6) is 0 Å². The van der Waals surface area contributed by atoms with Gasteiger partial charge in [0, 0.05) is 12.1 Å². The molecule has 0 aromatic rings. The predicted octanol–water partition coefficient (Wildman–Crippen LogP) is 4.38. The summed E-state index contributed by atoms with van der Waals surface area (Å²) >= 11 is 0. The molecule has 0 heterocycles. The standard InChI is InChI=1S/C19H32N2O2/c1-8-10-14(21-23-11-9-2)17-15(20-18(3,4)5)12-19(6,7)13-16(17)22/h9,21H,2,8,10-13H2,1,3-7H3/b17-14+,20-15?. The average Bonchev–Trinajstić information content (AvgIpc) is 2.34. The van der Waals surface area contributed by atoms with Crippen molar-refractivity contribution >= 4 is 11.5 Å². The lowest BCUT2D eigenvalue weighted by Gasteiger charge is -2.33. The SMILES string of the molecule is C=CCON/C(CCC)=C1/C(=O)CC(C)(C)CC1=NC(C)(C)C. The summed E-state index contributed by atoms with van der Waals surface area (Å²) in [7, 11) is 0. The summed E-state index contributed by atoms with van der Waals surface area (Å²) in [5.41, 5.74) is 5.18. The number of allylic oxidation sites excluding steroid dienone is 2. The van der Waals surface area contributed by atoms with Crippen molar-refractivity contribution in [2.75, 3.05) is 6.61 Å². The number of carbonyl (C=O) groups excluding carboxylic acids is 1. The Labute approximate surface area is 141 Å². The number of nitrogens with zero attached hydrogens (tertiary/aromatic N) is 1. The van der Waals surface area contributed by atoms with E-state index in [9.17, 15) is 4.79 Å².